The van der Waals surface area contributed by atoms with Crippen molar-refractivity contribution in [1.82, 2.24) is 10.1 Å². The van der Waals surface area contributed by atoms with Crippen LogP contribution >= 0.6 is 0 Å². The van der Waals surface area contributed by atoms with Gasteiger partial charge in [-0.25, -0.2) is 0 Å². The van der Waals surface area contributed by atoms with Crippen LogP contribution < -0.4 is 11.1 Å². The molecular weight excluding hydrogens is 256 g/mol. The fourth-order valence-corrected chi connectivity index (χ4v) is 2.58. The number of carbonyl (C=O) groups excluding carboxylic acids is 1. The van der Waals surface area contributed by atoms with Crippen molar-refractivity contribution in [1.29, 1.82) is 0 Å². The molecule has 1 aromatic rings. The average molecular weight is 280 g/mol. The molecule has 0 aromatic carbocycles. The van der Waals surface area contributed by atoms with Crippen LogP contribution in [0.4, 0.5) is 5.82 Å². The van der Waals surface area contributed by atoms with Gasteiger partial charge in [-0.15, -0.1) is 0 Å². The van der Waals surface area contributed by atoms with E-state index in [1.54, 1.807) is 13.0 Å². The fourth-order valence-electron chi connectivity index (χ4n) is 2.58. The van der Waals surface area contributed by atoms with Crippen LogP contribution in [0.3, 0.4) is 0 Å². The Morgan fingerprint density at radius 3 is 2.70 bits per heavy atom. The third-order valence-electron chi connectivity index (χ3n) is 3.47. The number of nitrogens with two attached hydrogens (primary N) is 1. The molecule has 1 aliphatic heterocycles. The van der Waals surface area contributed by atoms with Crippen molar-refractivity contribution in [2.45, 2.75) is 39.2 Å². The van der Waals surface area contributed by atoms with Crippen LogP contribution in [0.1, 0.15) is 32.4 Å². The van der Waals surface area contributed by atoms with Gasteiger partial charge in [0.2, 0.25) is 5.91 Å². The number of anilines is 1. The normalized spacial score (nSPS) is 18.2. The molecule has 1 fully saturated rings. The molecule has 0 atom stereocenters. The van der Waals surface area contributed by atoms with E-state index in [4.69, 9.17) is 10.3 Å². The Hall–Kier alpha value is -1.40. The lowest BCUT2D eigenvalue weighted by Gasteiger charge is -2.35. The molecule has 1 amide bonds. The van der Waals surface area contributed by atoms with E-state index >= 15 is 0 Å². The van der Waals surface area contributed by atoms with Crippen molar-refractivity contribution >= 4 is 11.7 Å². The first-order valence-electron chi connectivity index (χ1n) is 7.09. The summed E-state index contributed by atoms with van der Waals surface area (Å²) in [7, 11) is 0. The molecule has 6 nitrogen and oxygen atoms in total. The highest BCUT2D eigenvalue weighted by Gasteiger charge is 2.27. The van der Waals surface area contributed by atoms with Crippen LogP contribution in [0, 0.1) is 12.8 Å². The number of aryl methyl sites for hydroxylation is 1. The van der Waals surface area contributed by atoms with Gasteiger partial charge in [0.1, 0.15) is 5.76 Å². The van der Waals surface area contributed by atoms with Crippen LogP contribution in [-0.4, -0.2) is 41.1 Å². The molecule has 1 saturated heterocycles. The molecule has 0 spiro atoms. The fraction of sp³-hybridized carbons (Fsp3) is 0.714. The highest BCUT2D eigenvalue weighted by molar-refractivity contribution is 5.91. The number of aromatic nitrogens is 1. The van der Waals surface area contributed by atoms with Gasteiger partial charge in [-0.05, 0) is 46.7 Å². The SMILES string of the molecule is Cc1cc(NC(=O)C2CCN(CC(C)(C)N)CC2)no1. The lowest BCUT2D eigenvalue weighted by Crippen LogP contribution is -2.48. The van der Waals surface area contributed by atoms with Crippen LogP contribution in [-0.2, 0) is 4.79 Å². The summed E-state index contributed by atoms with van der Waals surface area (Å²) in [6.07, 6.45) is 1.72. The summed E-state index contributed by atoms with van der Waals surface area (Å²) in [6, 6.07) is 1.73. The standard InChI is InChI=1S/C14H24N4O2/c1-10-8-12(17-20-10)16-13(19)11-4-6-18(7-5-11)9-14(2,3)15/h8,11H,4-7,9,15H2,1-3H3,(H,16,17,19). The Bertz CT molecular complexity index is 456. The number of likely N-dealkylation sites (tertiary alicyclic amines) is 1. The van der Waals surface area contributed by atoms with Crippen molar-refractivity contribution < 1.29 is 9.32 Å². The van der Waals surface area contributed by atoms with E-state index in [2.05, 4.69) is 15.4 Å². The average Bonchev–Trinajstić information content (AvgIpc) is 2.73. The third-order valence-corrected chi connectivity index (χ3v) is 3.47. The third kappa shape index (κ3) is 4.31. The number of carbonyl (C=O) groups is 1. The van der Waals surface area contributed by atoms with E-state index < -0.39 is 0 Å². The first-order valence-corrected chi connectivity index (χ1v) is 7.09. The van der Waals surface area contributed by atoms with Gasteiger partial charge in [0.05, 0.1) is 0 Å². The maximum atomic E-state index is 12.1. The van der Waals surface area contributed by atoms with E-state index in [0.717, 1.165) is 32.5 Å². The Kier molecular flexibility index (Phi) is 4.45. The number of amides is 1. The summed E-state index contributed by atoms with van der Waals surface area (Å²) >= 11 is 0. The monoisotopic (exact) mass is 280 g/mol. The van der Waals surface area contributed by atoms with E-state index in [0.29, 0.717) is 11.6 Å². The smallest absolute Gasteiger partial charge is 0.228 e. The summed E-state index contributed by atoms with van der Waals surface area (Å²) < 4.78 is 4.94. The van der Waals surface area contributed by atoms with Crippen molar-refractivity contribution in [3.63, 3.8) is 0 Å². The largest absolute Gasteiger partial charge is 0.360 e. The molecule has 0 bridgehead atoms. The predicted octanol–water partition coefficient (Wildman–Crippen LogP) is 1.37. The first-order chi connectivity index (χ1) is 9.33. The predicted molar refractivity (Wildman–Crippen MR) is 77.3 cm³/mol. The molecule has 2 rings (SSSR count). The Morgan fingerprint density at radius 1 is 1.55 bits per heavy atom. The van der Waals surface area contributed by atoms with Gasteiger partial charge in [0.25, 0.3) is 0 Å². The lowest BCUT2D eigenvalue weighted by molar-refractivity contribution is -0.121. The second-order valence-corrected chi connectivity index (χ2v) is 6.35. The van der Waals surface area contributed by atoms with Gasteiger partial charge >= 0.3 is 0 Å². The molecule has 3 N–H and O–H groups in total. The van der Waals surface area contributed by atoms with Crippen LogP contribution in [0.25, 0.3) is 0 Å². The number of hydrogen-bond donors (Lipinski definition) is 2. The number of hydrogen-bond acceptors (Lipinski definition) is 5. The van der Waals surface area contributed by atoms with Crippen LogP contribution in [0.2, 0.25) is 0 Å². The molecule has 0 aliphatic carbocycles. The van der Waals surface area contributed by atoms with E-state index in [1.807, 2.05) is 13.8 Å². The number of nitrogens with one attached hydrogen (secondary N) is 1. The van der Waals surface area contributed by atoms with E-state index in [-0.39, 0.29) is 17.4 Å². The van der Waals surface area contributed by atoms with Crippen molar-refractivity contribution in [3.05, 3.63) is 11.8 Å². The molecule has 0 saturated carbocycles. The summed E-state index contributed by atoms with van der Waals surface area (Å²) in [5.41, 5.74) is 5.84. The first kappa shape index (κ1) is 15.0. The van der Waals surface area contributed by atoms with E-state index in [1.165, 1.54) is 0 Å². The van der Waals surface area contributed by atoms with Crippen LogP contribution in [0.15, 0.2) is 10.6 Å². The topological polar surface area (TPSA) is 84.4 Å². The minimum atomic E-state index is -0.187. The van der Waals surface area contributed by atoms with Crippen LogP contribution in [0.5, 0.6) is 0 Å². The number of piperidine rings is 1. The minimum absolute atomic E-state index is 0.0324. The maximum absolute atomic E-state index is 12.1. The van der Waals surface area contributed by atoms with Crippen molar-refractivity contribution in [3.8, 4) is 0 Å². The van der Waals surface area contributed by atoms with Gasteiger partial charge in [-0.1, -0.05) is 5.16 Å². The molecule has 0 radical (unpaired) electrons. The lowest BCUT2D eigenvalue weighted by atomic mass is 9.94. The van der Waals surface area contributed by atoms with Crippen molar-refractivity contribution in [2.24, 2.45) is 11.7 Å². The highest BCUT2D eigenvalue weighted by atomic mass is 16.5. The summed E-state index contributed by atoms with van der Waals surface area (Å²) in [6.45, 7) is 8.55. The van der Waals surface area contributed by atoms with Gasteiger partial charge in [-0.2, -0.15) is 0 Å². The minimum Gasteiger partial charge on any atom is -0.360 e. The maximum Gasteiger partial charge on any atom is 0.228 e. The zero-order valence-electron chi connectivity index (χ0n) is 12.5. The summed E-state index contributed by atoms with van der Waals surface area (Å²) in [4.78, 5) is 14.5. The van der Waals surface area contributed by atoms with Gasteiger partial charge in [0, 0.05) is 24.1 Å². The molecule has 1 aromatic heterocycles. The molecular formula is C14H24N4O2. The Balaban J connectivity index is 1.80. The molecule has 20 heavy (non-hydrogen) atoms. The Morgan fingerprint density at radius 2 is 2.20 bits per heavy atom. The number of nitrogens with zero attached hydrogens (tertiary/aromatic N) is 2. The molecule has 0 unspecified atom stereocenters. The van der Waals surface area contributed by atoms with Crippen molar-refractivity contribution in [2.75, 3.05) is 25.0 Å². The van der Waals surface area contributed by atoms with Gasteiger partial charge in [-0.3, -0.25) is 4.79 Å². The number of rotatable bonds is 4. The van der Waals surface area contributed by atoms with E-state index in [9.17, 15) is 4.79 Å². The second kappa shape index (κ2) is 5.93. The second-order valence-electron chi connectivity index (χ2n) is 6.35. The van der Waals surface area contributed by atoms with Gasteiger partial charge < -0.3 is 20.5 Å². The Labute approximate surface area is 119 Å². The zero-order chi connectivity index (χ0) is 14.8. The summed E-state index contributed by atoms with van der Waals surface area (Å²) in [5, 5.41) is 6.59. The molecule has 6 heteroatoms. The zero-order valence-corrected chi connectivity index (χ0v) is 12.5. The molecule has 1 aliphatic rings. The molecule has 2 heterocycles. The molecule has 112 valence electrons. The quantitative estimate of drug-likeness (QED) is 0.870. The van der Waals surface area contributed by atoms with Gasteiger partial charge in [0.15, 0.2) is 5.82 Å². The highest BCUT2D eigenvalue weighted by Crippen LogP contribution is 2.20. The summed E-state index contributed by atoms with van der Waals surface area (Å²) in [5.74, 6) is 1.27.